The molecule has 12 heavy (non-hydrogen) atoms. The van der Waals surface area contributed by atoms with Gasteiger partial charge in [0.15, 0.2) is 0 Å². The molecule has 0 heterocycles. The van der Waals surface area contributed by atoms with E-state index in [-0.39, 0.29) is 11.8 Å². The van der Waals surface area contributed by atoms with Crippen LogP contribution in [0, 0.1) is 5.41 Å². The van der Waals surface area contributed by atoms with Crippen LogP contribution in [0.5, 0.6) is 0 Å². The molecule has 0 fully saturated rings. The largest absolute Gasteiger partial charge is 0.481 e. The first-order chi connectivity index (χ1) is 5.54. The second-order valence-electron chi connectivity index (χ2n) is 3.49. The lowest BCUT2D eigenvalue weighted by Crippen LogP contribution is -2.22. The molecule has 0 aliphatic heterocycles. The number of hydrogen-bond donors (Lipinski definition) is 1. The van der Waals surface area contributed by atoms with Gasteiger partial charge in [0.1, 0.15) is 0 Å². The molecule has 0 amide bonds. The minimum atomic E-state index is -0.731. The average Bonchev–Trinajstić information content (AvgIpc) is 2.02. The SMILES string of the molecule is CCC(C)(CCC(=O)O)COC. The van der Waals surface area contributed by atoms with Crippen molar-refractivity contribution >= 4 is 5.97 Å². The second-order valence-corrected chi connectivity index (χ2v) is 3.49. The van der Waals surface area contributed by atoms with Crippen LogP contribution in [0.2, 0.25) is 0 Å². The van der Waals surface area contributed by atoms with Crippen LogP contribution in [-0.2, 0) is 9.53 Å². The van der Waals surface area contributed by atoms with Gasteiger partial charge >= 0.3 is 5.97 Å². The predicted octanol–water partition coefficient (Wildman–Crippen LogP) is 1.91. The van der Waals surface area contributed by atoms with E-state index >= 15 is 0 Å². The summed E-state index contributed by atoms with van der Waals surface area (Å²) in [5.41, 5.74) is 0.0210. The van der Waals surface area contributed by atoms with Gasteiger partial charge < -0.3 is 9.84 Å². The maximum absolute atomic E-state index is 10.3. The van der Waals surface area contributed by atoms with Gasteiger partial charge in [-0.05, 0) is 18.3 Å². The number of hydrogen-bond acceptors (Lipinski definition) is 2. The molecule has 0 aliphatic carbocycles. The molecule has 0 aromatic rings. The summed E-state index contributed by atoms with van der Waals surface area (Å²) in [5, 5.41) is 8.50. The summed E-state index contributed by atoms with van der Waals surface area (Å²) in [6.07, 6.45) is 1.87. The number of carboxylic acids is 1. The van der Waals surface area contributed by atoms with Crippen LogP contribution in [0.3, 0.4) is 0 Å². The molecule has 0 bridgehead atoms. The Morgan fingerprint density at radius 2 is 2.17 bits per heavy atom. The fourth-order valence-electron chi connectivity index (χ4n) is 1.11. The summed E-state index contributed by atoms with van der Waals surface area (Å²) in [4.78, 5) is 10.3. The Kier molecular flexibility index (Phi) is 4.90. The molecule has 3 nitrogen and oxygen atoms in total. The lowest BCUT2D eigenvalue weighted by molar-refractivity contribution is -0.137. The Hall–Kier alpha value is -0.570. The van der Waals surface area contributed by atoms with E-state index in [2.05, 4.69) is 13.8 Å². The van der Waals surface area contributed by atoms with E-state index in [0.717, 1.165) is 6.42 Å². The van der Waals surface area contributed by atoms with Crippen molar-refractivity contribution in [2.75, 3.05) is 13.7 Å². The van der Waals surface area contributed by atoms with Crippen LogP contribution < -0.4 is 0 Å². The number of carboxylic acid groups (broad SMARTS) is 1. The van der Waals surface area contributed by atoms with Gasteiger partial charge in [-0.3, -0.25) is 4.79 Å². The van der Waals surface area contributed by atoms with Gasteiger partial charge in [0.05, 0.1) is 6.61 Å². The van der Waals surface area contributed by atoms with Crippen molar-refractivity contribution in [3.05, 3.63) is 0 Å². The topological polar surface area (TPSA) is 46.5 Å². The van der Waals surface area contributed by atoms with Crippen LogP contribution >= 0.6 is 0 Å². The first-order valence-electron chi connectivity index (χ1n) is 4.25. The molecule has 0 aliphatic rings. The molecule has 1 unspecified atom stereocenters. The Morgan fingerprint density at radius 1 is 1.58 bits per heavy atom. The molecule has 0 radical (unpaired) electrons. The number of rotatable bonds is 6. The molecule has 0 saturated carbocycles. The summed E-state index contributed by atoms with van der Waals surface area (Å²) in [5.74, 6) is -0.731. The van der Waals surface area contributed by atoms with Crippen molar-refractivity contribution in [1.82, 2.24) is 0 Å². The second kappa shape index (κ2) is 5.14. The fraction of sp³-hybridized carbons (Fsp3) is 0.889. The fourth-order valence-corrected chi connectivity index (χ4v) is 1.11. The van der Waals surface area contributed by atoms with Crippen LogP contribution in [0.1, 0.15) is 33.1 Å². The Morgan fingerprint density at radius 3 is 2.50 bits per heavy atom. The third-order valence-electron chi connectivity index (χ3n) is 2.29. The number of ether oxygens (including phenoxy) is 1. The molecule has 3 heteroatoms. The predicted molar refractivity (Wildman–Crippen MR) is 47.1 cm³/mol. The highest BCUT2D eigenvalue weighted by Gasteiger charge is 2.22. The molecule has 0 rings (SSSR count). The Balaban J connectivity index is 3.86. The normalized spacial score (nSPS) is 15.6. The molecule has 72 valence electrons. The van der Waals surface area contributed by atoms with Crippen molar-refractivity contribution in [3.8, 4) is 0 Å². The summed E-state index contributed by atoms with van der Waals surface area (Å²) in [6, 6.07) is 0. The van der Waals surface area contributed by atoms with Crippen molar-refractivity contribution < 1.29 is 14.6 Å². The van der Waals surface area contributed by atoms with Gasteiger partial charge in [0.2, 0.25) is 0 Å². The molecular weight excluding hydrogens is 156 g/mol. The van der Waals surface area contributed by atoms with Crippen LogP contribution in [0.25, 0.3) is 0 Å². The summed E-state index contributed by atoms with van der Waals surface area (Å²) < 4.78 is 5.04. The standard InChI is InChI=1S/C9H18O3/c1-4-9(2,7-12-3)6-5-8(10)11/h4-7H2,1-3H3,(H,10,11). The van der Waals surface area contributed by atoms with E-state index in [0.29, 0.717) is 13.0 Å². The third kappa shape index (κ3) is 4.34. The maximum atomic E-state index is 10.3. The van der Waals surface area contributed by atoms with Crippen LogP contribution in [-0.4, -0.2) is 24.8 Å². The number of aliphatic carboxylic acids is 1. The zero-order chi connectivity index (χ0) is 9.61. The molecule has 0 saturated heterocycles. The zero-order valence-corrected chi connectivity index (χ0v) is 8.09. The van der Waals surface area contributed by atoms with E-state index in [1.54, 1.807) is 7.11 Å². The first-order valence-corrected chi connectivity index (χ1v) is 4.25. The van der Waals surface area contributed by atoms with Crippen molar-refractivity contribution in [3.63, 3.8) is 0 Å². The monoisotopic (exact) mass is 174 g/mol. The minimum absolute atomic E-state index is 0.0210. The molecule has 1 atom stereocenters. The Labute approximate surface area is 73.7 Å². The molecule has 0 aromatic heterocycles. The quantitative estimate of drug-likeness (QED) is 0.669. The maximum Gasteiger partial charge on any atom is 0.303 e. The van der Waals surface area contributed by atoms with Gasteiger partial charge in [-0.2, -0.15) is 0 Å². The third-order valence-corrected chi connectivity index (χ3v) is 2.29. The first kappa shape index (κ1) is 11.4. The highest BCUT2D eigenvalue weighted by Crippen LogP contribution is 2.27. The van der Waals surface area contributed by atoms with Gasteiger partial charge in [0.25, 0.3) is 0 Å². The molecular formula is C9H18O3. The molecule has 0 spiro atoms. The highest BCUT2D eigenvalue weighted by molar-refractivity contribution is 5.66. The Bertz CT molecular complexity index is 145. The van der Waals surface area contributed by atoms with Gasteiger partial charge in [-0.15, -0.1) is 0 Å². The minimum Gasteiger partial charge on any atom is -0.481 e. The summed E-state index contributed by atoms with van der Waals surface area (Å²) >= 11 is 0. The lowest BCUT2D eigenvalue weighted by atomic mass is 9.84. The van der Waals surface area contributed by atoms with Gasteiger partial charge in [-0.25, -0.2) is 0 Å². The summed E-state index contributed by atoms with van der Waals surface area (Å²) in [7, 11) is 1.65. The van der Waals surface area contributed by atoms with Crippen LogP contribution in [0.15, 0.2) is 0 Å². The van der Waals surface area contributed by atoms with E-state index < -0.39 is 5.97 Å². The van der Waals surface area contributed by atoms with Crippen LogP contribution in [0.4, 0.5) is 0 Å². The van der Waals surface area contributed by atoms with Crippen molar-refractivity contribution in [1.29, 1.82) is 0 Å². The van der Waals surface area contributed by atoms with Gasteiger partial charge in [-0.1, -0.05) is 13.8 Å². The lowest BCUT2D eigenvalue weighted by Gasteiger charge is -2.26. The van der Waals surface area contributed by atoms with E-state index in [1.165, 1.54) is 0 Å². The smallest absolute Gasteiger partial charge is 0.303 e. The highest BCUT2D eigenvalue weighted by atomic mass is 16.5. The summed E-state index contributed by atoms with van der Waals surface area (Å²) in [6.45, 7) is 4.75. The van der Waals surface area contributed by atoms with E-state index in [9.17, 15) is 4.79 Å². The zero-order valence-electron chi connectivity index (χ0n) is 8.09. The van der Waals surface area contributed by atoms with Crippen molar-refractivity contribution in [2.45, 2.75) is 33.1 Å². The number of carbonyl (C=O) groups is 1. The molecule has 0 aromatic carbocycles. The van der Waals surface area contributed by atoms with Gasteiger partial charge in [0, 0.05) is 13.5 Å². The number of methoxy groups -OCH3 is 1. The molecule has 1 N–H and O–H groups in total. The average molecular weight is 174 g/mol. The van der Waals surface area contributed by atoms with E-state index in [4.69, 9.17) is 9.84 Å². The van der Waals surface area contributed by atoms with E-state index in [1.807, 2.05) is 0 Å². The van der Waals surface area contributed by atoms with Crippen molar-refractivity contribution in [2.24, 2.45) is 5.41 Å².